The van der Waals surface area contributed by atoms with Gasteiger partial charge in [-0.05, 0) is 24.3 Å². The van der Waals surface area contributed by atoms with Gasteiger partial charge in [-0.1, -0.05) is 11.2 Å². The number of amides is 1. The Balaban J connectivity index is 1.65. The first-order chi connectivity index (χ1) is 9.78. The molecule has 106 valence electrons. The van der Waals surface area contributed by atoms with Crippen LogP contribution in [0.3, 0.4) is 0 Å². The van der Waals surface area contributed by atoms with Gasteiger partial charge in [0.25, 0.3) is 0 Å². The van der Waals surface area contributed by atoms with Crippen LogP contribution in [0, 0.1) is 0 Å². The van der Waals surface area contributed by atoms with Crippen molar-refractivity contribution in [1.29, 1.82) is 0 Å². The fourth-order valence-corrected chi connectivity index (χ4v) is 3.19. The van der Waals surface area contributed by atoms with Crippen molar-refractivity contribution in [3.63, 3.8) is 0 Å². The average Bonchev–Trinajstić information content (AvgIpc) is 3.17. The molecule has 0 N–H and O–H groups in total. The van der Waals surface area contributed by atoms with Gasteiger partial charge in [0.15, 0.2) is 0 Å². The molecule has 7 heteroatoms. The molecule has 0 bridgehead atoms. The second-order valence-corrected chi connectivity index (χ2v) is 5.94. The highest BCUT2D eigenvalue weighted by molar-refractivity contribution is 7.13. The third-order valence-corrected chi connectivity index (χ3v) is 4.59. The number of alkyl halides is 1. The second kappa shape index (κ2) is 5.93. The number of likely N-dealkylation sites (tertiary alicyclic amines) is 1. The van der Waals surface area contributed by atoms with Crippen LogP contribution >= 0.6 is 22.9 Å². The molecular formula is C13H14ClN3O2S. The van der Waals surface area contributed by atoms with E-state index in [-0.39, 0.29) is 17.7 Å². The first-order valence-electron chi connectivity index (χ1n) is 6.49. The van der Waals surface area contributed by atoms with E-state index in [0.29, 0.717) is 24.8 Å². The van der Waals surface area contributed by atoms with Gasteiger partial charge in [0.05, 0.1) is 4.88 Å². The number of halogens is 1. The fraction of sp³-hybridized carbons (Fsp3) is 0.462. The minimum Gasteiger partial charge on any atom is -0.342 e. The number of carbonyl (C=O) groups excluding carboxylic acids is 1. The number of nitrogens with zero attached hydrogens (tertiary/aromatic N) is 3. The minimum absolute atomic E-state index is 0.00470. The number of carbonyl (C=O) groups is 1. The summed E-state index contributed by atoms with van der Waals surface area (Å²) in [6.07, 6.45) is 1.68. The summed E-state index contributed by atoms with van der Waals surface area (Å²) in [6, 6.07) is 3.94. The standard InChI is InChI=1S/C13H14ClN3O2S/c14-8-11(18)17-5-3-9(4-6-17)13-15-12(16-19-13)10-2-1-7-20-10/h1-2,7,9H,3-6,8H2. The lowest BCUT2D eigenvalue weighted by molar-refractivity contribution is -0.129. The molecule has 0 saturated carbocycles. The molecule has 20 heavy (non-hydrogen) atoms. The molecule has 2 aromatic heterocycles. The first-order valence-corrected chi connectivity index (χ1v) is 7.90. The van der Waals surface area contributed by atoms with Crippen LogP contribution in [0.4, 0.5) is 0 Å². The van der Waals surface area contributed by atoms with E-state index in [1.807, 2.05) is 17.5 Å². The van der Waals surface area contributed by atoms with Crippen LogP contribution in [0.1, 0.15) is 24.7 Å². The molecule has 1 aliphatic heterocycles. The summed E-state index contributed by atoms with van der Waals surface area (Å²) in [4.78, 5) is 18.8. The van der Waals surface area contributed by atoms with Gasteiger partial charge in [-0.2, -0.15) is 4.98 Å². The quantitative estimate of drug-likeness (QED) is 0.818. The summed E-state index contributed by atoms with van der Waals surface area (Å²) in [5.74, 6) is 1.60. The highest BCUT2D eigenvalue weighted by Gasteiger charge is 2.27. The molecule has 5 nitrogen and oxygen atoms in total. The van der Waals surface area contributed by atoms with E-state index in [4.69, 9.17) is 16.1 Å². The van der Waals surface area contributed by atoms with E-state index in [9.17, 15) is 4.79 Å². The molecule has 3 rings (SSSR count). The first kappa shape index (κ1) is 13.6. The lowest BCUT2D eigenvalue weighted by Crippen LogP contribution is -2.38. The SMILES string of the molecule is O=C(CCl)N1CCC(c2nc(-c3cccs3)no2)CC1. The van der Waals surface area contributed by atoms with Crippen LogP contribution in [0.15, 0.2) is 22.0 Å². The van der Waals surface area contributed by atoms with Crippen molar-refractivity contribution in [2.24, 2.45) is 0 Å². The molecule has 0 unspecified atom stereocenters. The Morgan fingerprint density at radius 1 is 1.50 bits per heavy atom. The molecule has 1 fully saturated rings. The minimum atomic E-state index is -0.00470. The van der Waals surface area contributed by atoms with E-state index < -0.39 is 0 Å². The van der Waals surface area contributed by atoms with Crippen LogP contribution in [-0.4, -0.2) is 39.9 Å². The number of rotatable bonds is 3. The largest absolute Gasteiger partial charge is 0.342 e. The molecule has 2 aromatic rings. The highest BCUT2D eigenvalue weighted by atomic mass is 35.5. The Hall–Kier alpha value is -1.40. The third kappa shape index (κ3) is 2.71. The maximum Gasteiger partial charge on any atom is 0.237 e. The topological polar surface area (TPSA) is 59.2 Å². The van der Waals surface area contributed by atoms with Gasteiger partial charge in [0.1, 0.15) is 5.88 Å². The Bertz CT molecular complexity index is 576. The number of aromatic nitrogens is 2. The fourth-order valence-electron chi connectivity index (χ4n) is 2.37. The Kier molecular flexibility index (Phi) is 4.03. The predicted octanol–water partition coefficient (Wildman–Crippen LogP) is 2.74. The Labute approximate surface area is 125 Å². The van der Waals surface area contributed by atoms with Crippen molar-refractivity contribution in [2.75, 3.05) is 19.0 Å². The van der Waals surface area contributed by atoms with Crippen molar-refractivity contribution in [3.8, 4) is 10.7 Å². The van der Waals surface area contributed by atoms with Crippen LogP contribution in [0.2, 0.25) is 0 Å². The number of thiophene rings is 1. The lowest BCUT2D eigenvalue weighted by Gasteiger charge is -2.29. The summed E-state index contributed by atoms with van der Waals surface area (Å²) < 4.78 is 5.37. The molecule has 0 atom stereocenters. The van der Waals surface area contributed by atoms with Crippen LogP contribution < -0.4 is 0 Å². The maximum absolute atomic E-state index is 11.5. The van der Waals surface area contributed by atoms with Crippen molar-refractivity contribution in [1.82, 2.24) is 15.0 Å². The molecule has 1 saturated heterocycles. The monoisotopic (exact) mass is 311 g/mol. The number of piperidine rings is 1. The second-order valence-electron chi connectivity index (χ2n) is 4.72. The van der Waals surface area contributed by atoms with Gasteiger partial charge >= 0.3 is 0 Å². The van der Waals surface area contributed by atoms with E-state index in [0.717, 1.165) is 17.7 Å². The van der Waals surface area contributed by atoms with Crippen molar-refractivity contribution in [3.05, 3.63) is 23.4 Å². The van der Waals surface area contributed by atoms with E-state index in [1.165, 1.54) is 0 Å². The van der Waals surface area contributed by atoms with Gasteiger partial charge in [-0.25, -0.2) is 0 Å². The molecule has 0 radical (unpaired) electrons. The lowest BCUT2D eigenvalue weighted by atomic mass is 9.97. The number of hydrogen-bond donors (Lipinski definition) is 0. The summed E-state index contributed by atoms with van der Waals surface area (Å²) in [5, 5.41) is 6.01. The van der Waals surface area contributed by atoms with E-state index in [2.05, 4.69) is 10.1 Å². The average molecular weight is 312 g/mol. The molecule has 0 aromatic carbocycles. The Morgan fingerprint density at radius 2 is 2.30 bits per heavy atom. The van der Waals surface area contributed by atoms with Gasteiger partial charge in [-0.3, -0.25) is 4.79 Å². The molecule has 1 aliphatic rings. The third-order valence-electron chi connectivity index (χ3n) is 3.49. The van der Waals surface area contributed by atoms with Crippen molar-refractivity contribution < 1.29 is 9.32 Å². The van der Waals surface area contributed by atoms with Gasteiger partial charge in [-0.15, -0.1) is 22.9 Å². The van der Waals surface area contributed by atoms with Crippen LogP contribution in [0.25, 0.3) is 10.7 Å². The van der Waals surface area contributed by atoms with Gasteiger partial charge < -0.3 is 9.42 Å². The van der Waals surface area contributed by atoms with Gasteiger partial charge in [0.2, 0.25) is 17.6 Å². The predicted molar refractivity (Wildman–Crippen MR) is 76.9 cm³/mol. The van der Waals surface area contributed by atoms with E-state index >= 15 is 0 Å². The molecule has 1 amide bonds. The van der Waals surface area contributed by atoms with Gasteiger partial charge in [0, 0.05) is 19.0 Å². The van der Waals surface area contributed by atoms with Crippen LogP contribution in [0.5, 0.6) is 0 Å². The smallest absolute Gasteiger partial charge is 0.237 e. The molecule has 0 aliphatic carbocycles. The van der Waals surface area contributed by atoms with Crippen molar-refractivity contribution >= 4 is 28.8 Å². The summed E-state index contributed by atoms with van der Waals surface area (Å²) in [5.41, 5.74) is 0. The summed E-state index contributed by atoms with van der Waals surface area (Å²) in [6.45, 7) is 1.40. The summed E-state index contributed by atoms with van der Waals surface area (Å²) in [7, 11) is 0. The van der Waals surface area contributed by atoms with Crippen molar-refractivity contribution in [2.45, 2.75) is 18.8 Å². The zero-order valence-corrected chi connectivity index (χ0v) is 12.4. The normalized spacial score (nSPS) is 16.6. The molecular weight excluding hydrogens is 298 g/mol. The zero-order chi connectivity index (χ0) is 13.9. The van der Waals surface area contributed by atoms with E-state index in [1.54, 1.807) is 16.2 Å². The maximum atomic E-state index is 11.5. The van der Waals surface area contributed by atoms with Crippen LogP contribution in [-0.2, 0) is 4.79 Å². The molecule has 0 spiro atoms. The molecule has 3 heterocycles. The zero-order valence-electron chi connectivity index (χ0n) is 10.8. The number of hydrogen-bond acceptors (Lipinski definition) is 5. The Morgan fingerprint density at radius 3 is 2.95 bits per heavy atom. The summed E-state index contributed by atoms with van der Waals surface area (Å²) >= 11 is 7.16. The highest BCUT2D eigenvalue weighted by Crippen LogP contribution is 2.29.